The van der Waals surface area contributed by atoms with Crippen molar-refractivity contribution in [2.45, 2.75) is 39.5 Å². The number of nitrogens with one attached hydrogen (secondary N) is 1. The number of amides is 1. The van der Waals surface area contributed by atoms with Crippen LogP contribution >= 0.6 is 11.3 Å². The first-order chi connectivity index (χ1) is 10.5. The minimum atomic E-state index is -0.684. The molecule has 0 aliphatic carbocycles. The zero-order valence-corrected chi connectivity index (χ0v) is 13.7. The van der Waals surface area contributed by atoms with Crippen LogP contribution in [0.25, 0.3) is 0 Å². The van der Waals surface area contributed by atoms with Crippen molar-refractivity contribution in [3.05, 3.63) is 40.4 Å². The third-order valence-electron chi connectivity index (χ3n) is 3.52. The first-order valence-electron chi connectivity index (χ1n) is 7.30. The van der Waals surface area contributed by atoms with Gasteiger partial charge in [0.15, 0.2) is 0 Å². The summed E-state index contributed by atoms with van der Waals surface area (Å²) in [6.45, 7) is 6.11. The summed E-state index contributed by atoms with van der Waals surface area (Å²) in [5.74, 6) is -0.911. The first kappa shape index (κ1) is 16.3. The molecule has 0 aliphatic heterocycles. The Morgan fingerprint density at radius 1 is 1.14 bits per heavy atom. The summed E-state index contributed by atoms with van der Waals surface area (Å²) in [4.78, 5) is 24.1. The molecule has 0 unspecified atom stereocenters. The van der Waals surface area contributed by atoms with Gasteiger partial charge in [0.05, 0.1) is 0 Å². The van der Waals surface area contributed by atoms with Crippen LogP contribution in [0.3, 0.4) is 0 Å². The van der Waals surface area contributed by atoms with Gasteiger partial charge in [0.25, 0.3) is 11.7 Å². The quantitative estimate of drug-likeness (QED) is 0.653. The second-order valence-corrected chi connectivity index (χ2v) is 6.12. The molecule has 0 radical (unpaired) electrons. The summed E-state index contributed by atoms with van der Waals surface area (Å²) in [6.07, 6.45) is 1.95. The first-order valence-corrected chi connectivity index (χ1v) is 8.12. The SMILES string of the molecule is CCC(CC)c1nnc(NC(=O)C(=O)c2ccc(C)cc2)s1. The van der Waals surface area contributed by atoms with Crippen molar-refractivity contribution < 1.29 is 9.59 Å². The number of anilines is 1. The molecule has 0 saturated heterocycles. The van der Waals surface area contributed by atoms with Crippen LogP contribution in [0.5, 0.6) is 0 Å². The number of aryl methyl sites for hydroxylation is 1. The van der Waals surface area contributed by atoms with Gasteiger partial charge < -0.3 is 0 Å². The van der Waals surface area contributed by atoms with Crippen LogP contribution in [0.4, 0.5) is 5.13 Å². The zero-order valence-electron chi connectivity index (χ0n) is 12.9. The average molecular weight is 317 g/mol. The maximum absolute atomic E-state index is 12.1. The molecule has 0 fully saturated rings. The second-order valence-electron chi connectivity index (χ2n) is 5.11. The molecule has 2 aromatic rings. The number of carbonyl (C=O) groups is 2. The molecular formula is C16H19N3O2S. The largest absolute Gasteiger partial charge is 0.298 e. The summed E-state index contributed by atoms with van der Waals surface area (Å²) >= 11 is 1.33. The van der Waals surface area contributed by atoms with Crippen LogP contribution in [0.1, 0.15) is 53.5 Å². The number of hydrogen-bond donors (Lipinski definition) is 1. The van der Waals surface area contributed by atoms with E-state index in [4.69, 9.17) is 0 Å². The highest BCUT2D eigenvalue weighted by atomic mass is 32.1. The lowest BCUT2D eigenvalue weighted by molar-refractivity contribution is -0.112. The predicted octanol–water partition coefficient (Wildman–Crippen LogP) is 3.57. The molecule has 1 aromatic heterocycles. The number of ketones is 1. The van der Waals surface area contributed by atoms with Crippen molar-refractivity contribution in [2.24, 2.45) is 0 Å². The van der Waals surface area contributed by atoms with E-state index in [1.165, 1.54) is 11.3 Å². The normalized spacial score (nSPS) is 10.7. The standard InChI is InChI=1S/C16H19N3O2S/c1-4-11(5-2)15-18-19-16(22-15)17-14(21)13(20)12-8-6-10(3)7-9-12/h6-9,11H,4-5H2,1-3H3,(H,17,19,21). The van der Waals surface area contributed by atoms with E-state index in [-0.39, 0.29) is 0 Å². The summed E-state index contributed by atoms with van der Waals surface area (Å²) in [6, 6.07) is 6.90. The Morgan fingerprint density at radius 3 is 2.36 bits per heavy atom. The second kappa shape index (κ2) is 7.26. The molecule has 0 saturated carbocycles. The van der Waals surface area contributed by atoms with Gasteiger partial charge in [0.1, 0.15) is 5.01 Å². The van der Waals surface area contributed by atoms with Crippen molar-refractivity contribution in [1.82, 2.24) is 10.2 Å². The molecule has 1 aromatic carbocycles. The molecule has 1 N–H and O–H groups in total. The van der Waals surface area contributed by atoms with E-state index in [9.17, 15) is 9.59 Å². The average Bonchev–Trinajstić information content (AvgIpc) is 2.97. The fourth-order valence-electron chi connectivity index (χ4n) is 2.08. The lowest BCUT2D eigenvalue weighted by atomic mass is 10.1. The van der Waals surface area contributed by atoms with Crippen molar-refractivity contribution in [3.8, 4) is 0 Å². The Labute approximate surface area is 133 Å². The Hall–Kier alpha value is -2.08. The molecule has 1 amide bonds. The van der Waals surface area contributed by atoms with Crippen molar-refractivity contribution >= 4 is 28.2 Å². The molecule has 5 nitrogen and oxygen atoms in total. The summed E-state index contributed by atoms with van der Waals surface area (Å²) < 4.78 is 0. The number of benzene rings is 1. The molecule has 22 heavy (non-hydrogen) atoms. The third kappa shape index (κ3) is 3.76. The number of hydrogen-bond acceptors (Lipinski definition) is 5. The number of carbonyl (C=O) groups excluding carboxylic acids is 2. The molecule has 116 valence electrons. The molecule has 0 bridgehead atoms. The molecule has 6 heteroatoms. The number of rotatable bonds is 6. The van der Waals surface area contributed by atoms with E-state index in [0.717, 1.165) is 23.4 Å². The van der Waals surface area contributed by atoms with Crippen LogP contribution in [-0.4, -0.2) is 21.9 Å². The molecule has 0 spiro atoms. The highest BCUT2D eigenvalue weighted by molar-refractivity contribution is 7.15. The van der Waals surface area contributed by atoms with E-state index < -0.39 is 11.7 Å². The highest BCUT2D eigenvalue weighted by Gasteiger charge is 2.19. The Bertz CT molecular complexity index is 660. The summed E-state index contributed by atoms with van der Waals surface area (Å²) in [5, 5.41) is 11.8. The lowest BCUT2D eigenvalue weighted by Crippen LogP contribution is -2.22. The van der Waals surface area contributed by atoms with Gasteiger partial charge in [0, 0.05) is 11.5 Å². The number of Topliss-reactive ketones (excluding diaryl/α,β-unsaturated/α-hetero) is 1. The maximum atomic E-state index is 12.1. The van der Waals surface area contributed by atoms with Crippen LogP contribution in [0, 0.1) is 6.92 Å². The third-order valence-corrected chi connectivity index (χ3v) is 4.52. The monoisotopic (exact) mass is 317 g/mol. The smallest absolute Gasteiger partial charge is 0.294 e. The van der Waals surface area contributed by atoms with E-state index in [1.807, 2.05) is 6.92 Å². The van der Waals surface area contributed by atoms with Gasteiger partial charge in [0.2, 0.25) is 5.13 Å². The zero-order chi connectivity index (χ0) is 16.1. The maximum Gasteiger partial charge on any atom is 0.298 e. The van der Waals surface area contributed by atoms with E-state index in [1.54, 1.807) is 24.3 Å². The van der Waals surface area contributed by atoms with Gasteiger partial charge in [-0.2, -0.15) is 0 Å². The van der Waals surface area contributed by atoms with Gasteiger partial charge in [-0.1, -0.05) is 55.0 Å². The van der Waals surface area contributed by atoms with Gasteiger partial charge in [-0.25, -0.2) is 0 Å². The van der Waals surface area contributed by atoms with Crippen molar-refractivity contribution in [3.63, 3.8) is 0 Å². The van der Waals surface area contributed by atoms with Gasteiger partial charge >= 0.3 is 0 Å². The van der Waals surface area contributed by atoms with E-state index in [0.29, 0.717) is 16.6 Å². The fourth-order valence-corrected chi connectivity index (χ4v) is 3.08. The topological polar surface area (TPSA) is 72.0 Å². The number of aromatic nitrogens is 2. The van der Waals surface area contributed by atoms with Crippen LogP contribution < -0.4 is 5.32 Å². The van der Waals surface area contributed by atoms with Crippen LogP contribution in [0.2, 0.25) is 0 Å². The summed E-state index contributed by atoms with van der Waals surface area (Å²) in [7, 11) is 0. The van der Waals surface area contributed by atoms with Crippen LogP contribution in [0.15, 0.2) is 24.3 Å². The van der Waals surface area contributed by atoms with E-state index >= 15 is 0 Å². The summed E-state index contributed by atoms with van der Waals surface area (Å²) in [5.41, 5.74) is 1.41. The predicted molar refractivity (Wildman–Crippen MR) is 87.4 cm³/mol. The Morgan fingerprint density at radius 2 is 1.77 bits per heavy atom. The Balaban J connectivity index is 2.05. The van der Waals surface area contributed by atoms with Gasteiger partial charge in [-0.15, -0.1) is 10.2 Å². The fraction of sp³-hybridized carbons (Fsp3) is 0.375. The molecule has 0 atom stereocenters. The van der Waals surface area contributed by atoms with Crippen molar-refractivity contribution in [1.29, 1.82) is 0 Å². The number of nitrogens with zero attached hydrogens (tertiary/aromatic N) is 2. The van der Waals surface area contributed by atoms with Crippen molar-refractivity contribution in [2.75, 3.05) is 5.32 Å². The minimum Gasteiger partial charge on any atom is -0.294 e. The minimum absolute atomic E-state index is 0.343. The molecule has 2 rings (SSSR count). The van der Waals surface area contributed by atoms with E-state index in [2.05, 4.69) is 29.4 Å². The van der Waals surface area contributed by atoms with Gasteiger partial charge in [-0.3, -0.25) is 14.9 Å². The lowest BCUT2D eigenvalue weighted by Gasteiger charge is -2.05. The molecular weight excluding hydrogens is 298 g/mol. The molecule has 0 aliphatic rings. The Kier molecular flexibility index (Phi) is 5.38. The highest BCUT2D eigenvalue weighted by Crippen LogP contribution is 2.28. The molecule has 1 heterocycles. The van der Waals surface area contributed by atoms with Gasteiger partial charge in [-0.05, 0) is 19.8 Å². The van der Waals surface area contributed by atoms with Crippen LogP contribution in [-0.2, 0) is 4.79 Å².